The van der Waals surface area contributed by atoms with E-state index < -0.39 is 17.3 Å². The first-order chi connectivity index (χ1) is 12.3. The van der Waals surface area contributed by atoms with Crippen molar-refractivity contribution in [1.82, 2.24) is 4.90 Å². The highest BCUT2D eigenvalue weighted by molar-refractivity contribution is 5.30. The third-order valence-corrected chi connectivity index (χ3v) is 5.06. The lowest BCUT2D eigenvalue weighted by atomic mass is 9.83. The van der Waals surface area contributed by atoms with Crippen LogP contribution in [0, 0.1) is 0 Å². The van der Waals surface area contributed by atoms with Crippen LogP contribution in [0.4, 0.5) is 13.2 Å². The Labute approximate surface area is 150 Å². The van der Waals surface area contributed by atoms with Crippen LogP contribution in [0.25, 0.3) is 0 Å². The Morgan fingerprint density at radius 3 is 2.27 bits per heavy atom. The molecule has 1 fully saturated rings. The summed E-state index contributed by atoms with van der Waals surface area (Å²) in [5.41, 5.74) is -0.485. The number of likely N-dealkylation sites (tertiary alicyclic amines) is 1. The van der Waals surface area contributed by atoms with Crippen LogP contribution in [-0.4, -0.2) is 34.7 Å². The highest BCUT2D eigenvalue weighted by Gasteiger charge is 2.36. The Bertz CT molecular complexity index is 735. The number of piperidine rings is 1. The molecule has 0 aliphatic carbocycles. The van der Waals surface area contributed by atoms with Crippen molar-refractivity contribution in [2.75, 3.05) is 19.6 Å². The summed E-state index contributed by atoms with van der Waals surface area (Å²) in [5, 5.41) is 20.1. The molecule has 6 heteroatoms. The Kier molecular flexibility index (Phi) is 5.25. The van der Waals surface area contributed by atoms with Gasteiger partial charge in [0.05, 0.1) is 11.2 Å². The zero-order valence-electron chi connectivity index (χ0n) is 14.3. The molecule has 1 aliphatic heterocycles. The lowest BCUT2D eigenvalue weighted by Gasteiger charge is -2.38. The van der Waals surface area contributed by atoms with Crippen LogP contribution in [-0.2, 0) is 18.2 Å². The van der Waals surface area contributed by atoms with Gasteiger partial charge in [0.15, 0.2) is 0 Å². The summed E-state index contributed by atoms with van der Waals surface area (Å²) in [4.78, 5) is 2.20. The standard InChI is InChI=1S/C20H22F3NO2/c21-20(22,23)17-3-1-2-16(14-17)19(26)9-12-24(13-10-19)11-8-15-4-6-18(25)7-5-15/h1-7,14,25-26H,8-13H2. The quantitative estimate of drug-likeness (QED) is 0.863. The van der Waals surface area contributed by atoms with Crippen LogP contribution in [0.5, 0.6) is 5.75 Å². The second-order valence-electron chi connectivity index (χ2n) is 6.87. The van der Waals surface area contributed by atoms with Gasteiger partial charge in [-0.3, -0.25) is 0 Å². The molecule has 26 heavy (non-hydrogen) atoms. The van der Waals surface area contributed by atoms with Gasteiger partial charge in [-0.2, -0.15) is 13.2 Å². The average molecular weight is 365 g/mol. The van der Waals surface area contributed by atoms with Gasteiger partial charge in [-0.1, -0.05) is 24.3 Å². The summed E-state index contributed by atoms with van der Waals surface area (Å²) < 4.78 is 38.7. The van der Waals surface area contributed by atoms with Crippen molar-refractivity contribution >= 4 is 0 Å². The molecule has 2 aromatic rings. The summed E-state index contributed by atoms with van der Waals surface area (Å²) in [6, 6.07) is 12.1. The molecule has 3 nitrogen and oxygen atoms in total. The van der Waals surface area contributed by atoms with Gasteiger partial charge in [-0.05, 0) is 54.7 Å². The number of phenols is 1. The van der Waals surface area contributed by atoms with E-state index in [9.17, 15) is 23.4 Å². The Hall–Kier alpha value is -2.05. The van der Waals surface area contributed by atoms with Crippen LogP contribution in [0.15, 0.2) is 48.5 Å². The average Bonchev–Trinajstić information content (AvgIpc) is 2.62. The summed E-state index contributed by atoms with van der Waals surface area (Å²) >= 11 is 0. The fourth-order valence-electron chi connectivity index (χ4n) is 3.37. The second kappa shape index (κ2) is 7.29. The zero-order valence-corrected chi connectivity index (χ0v) is 14.3. The van der Waals surface area contributed by atoms with Gasteiger partial charge in [-0.25, -0.2) is 0 Å². The number of aromatic hydroxyl groups is 1. The fourth-order valence-corrected chi connectivity index (χ4v) is 3.37. The zero-order chi connectivity index (χ0) is 18.8. The van der Waals surface area contributed by atoms with E-state index in [1.807, 2.05) is 12.1 Å². The van der Waals surface area contributed by atoms with Crippen molar-refractivity contribution in [3.05, 3.63) is 65.2 Å². The number of rotatable bonds is 4. The molecule has 0 atom stereocenters. The number of benzene rings is 2. The number of nitrogens with zero attached hydrogens (tertiary/aromatic N) is 1. The van der Waals surface area contributed by atoms with Crippen LogP contribution in [0.3, 0.4) is 0 Å². The smallest absolute Gasteiger partial charge is 0.416 e. The lowest BCUT2D eigenvalue weighted by molar-refractivity contribution is -0.137. The SMILES string of the molecule is Oc1ccc(CCN2CCC(O)(c3cccc(C(F)(F)F)c3)CC2)cc1. The lowest BCUT2D eigenvalue weighted by Crippen LogP contribution is -2.43. The molecule has 0 bridgehead atoms. The van der Waals surface area contributed by atoms with Crippen LogP contribution >= 0.6 is 0 Å². The Morgan fingerprint density at radius 1 is 1.00 bits per heavy atom. The summed E-state index contributed by atoms with van der Waals surface area (Å²) in [6.45, 7) is 2.07. The third-order valence-electron chi connectivity index (χ3n) is 5.06. The molecule has 0 amide bonds. The highest BCUT2D eigenvalue weighted by Crippen LogP contribution is 2.36. The molecule has 1 heterocycles. The third kappa shape index (κ3) is 4.37. The van der Waals surface area contributed by atoms with Crippen molar-refractivity contribution in [2.24, 2.45) is 0 Å². The molecule has 2 aromatic carbocycles. The Balaban J connectivity index is 1.59. The molecule has 2 N–H and O–H groups in total. The second-order valence-corrected chi connectivity index (χ2v) is 6.87. The van der Waals surface area contributed by atoms with Gasteiger partial charge in [0.1, 0.15) is 5.75 Å². The number of hydrogen-bond acceptors (Lipinski definition) is 3. The van der Waals surface area contributed by atoms with E-state index in [0.717, 1.165) is 30.7 Å². The summed E-state index contributed by atoms with van der Waals surface area (Å²) in [6.07, 6.45) is -2.77. The maximum atomic E-state index is 12.9. The fraction of sp³-hybridized carbons (Fsp3) is 0.400. The van der Waals surface area contributed by atoms with Gasteiger partial charge in [0, 0.05) is 19.6 Å². The van der Waals surface area contributed by atoms with Crippen molar-refractivity contribution in [3.63, 3.8) is 0 Å². The number of hydrogen-bond donors (Lipinski definition) is 2. The molecule has 3 rings (SSSR count). The van der Waals surface area contributed by atoms with E-state index in [-0.39, 0.29) is 5.75 Å². The van der Waals surface area contributed by atoms with E-state index in [2.05, 4.69) is 4.90 Å². The molecular weight excluding hydrogens is 343 g/mol. The Morgan fingerprint density at radius 2 is 1.65 bits per heavy atom. The van der Waals surface area contributed by atoms with Crippen molar-refractivity contribution < 1.29 is 23.4 Å². The van der Waals surface area contributed by atoms with Crippen molar-refractivity contribution in [2.45, 2.75) is 31.0 Å². The number of alkyl halides is 3. The number of halogens is 3. The van der Waals surface area contributed by atoms with Crippen molar-refractivity contribution in [1.29, 1.82) is 0 Å². The minimum atomic E-state index is -4.41. The van der Waals surface area contributed by atoms with Gasteiger partial charge >= 0.3 is 6.18 Å². The predicted molar refractivity (Wildman–Crippen MR) is 92.8 cm³/mol. The number of phenolic OH excluding ortho intramolecular Hbond substituents is 1. The van der Waals surface area contributed by atoms with Crippen LogP contribution < -0.4 is 0 Å². The van der Waals surface area contributed by atoms with Crippen molar-refractivity contribution in [3.8, 4) is 5.75 Å². The molecule has 0 aromatic heterocycles. The monoisotopic (exact) mass is 365 g/mol. The van der Waals surface area contributed by atoms with E-state index in [0.29, 0.717) is 31.5 Å². The van der Waals surface area contributed by atoms with E-state index in [1.165, 1.54) is 6.07 Å². The molecule has 0 radical (unpaired) electrons. The first kappa shape index (κ1) is 18.7. The molecule has 0 saturated carbocycles. The molecule has 1 aliphatic rings. The summed E-state index contributed by atoms with van der Waals surface area (Å²) in [5.74, 6) is 0.234. The van der Waals surface area contributed by atoms with Gasteiger partial charge in [-0.15, -0.1) is 0 Å². The minimum absolute atomic E-state index is 0.234. The maximum Gasteiger partial charge on any atom is 0.416 e. The first-order valence-electron chi connectivity index (χ1n) is 8.67. The summed E-state index contributed by atoms with van der Waals surface area (Å²) in [7, 11) is 0. The normalized spacial score (nSPS) is 18.0. The van der Waals surface area contributed by atoms with Crippen LogP contribution in [0.2, 0.25) is 0 Å². The molecule has 0 unspecified atom stereocenters. The van der Waals surface area contributed by atoms with Gasteiger partial charge in [0.25, 0.3) is 0 Å². The van der Waals surface area contributed by atoms with E-state index in [4.69, 9.17) is 0 Å². The van der Waals surface area contributed by atoms with E-state index in [1.54, 1.807) is 18.2 Å². The molecule has 0 spiro atoms. The number of aliphatic hydroxyl groups is 1. The highest BCUT2D eigenvalue weighted by atomic mass is 19.4. The topological polar surface area (TPSA) is 43.7 Å². The largest absolute Gasteiger partial charge is 0.508 e. The predicted octanol–water partition coefficient (Wildman–Crippen LogP) is 3.94. The van der Waals surface area contributed by atoms with E-state index >= 15 is 0 Å². The first-order valence-corrected chi connectivity index (χ1v) is 8.67. The van der Waals surface area contributed by atoms with Gasteiger partial charge in [0.2, 0.25) is 0 Å². The van der Waals surface area contributed by atoms with Crippen LogP contribution in [0.1, 0.15) is 29.5 Å². The molecule has 140 valence electrons. The van der Waals surface area contributed by atoms with Gasteiger partial charge < -0.3 is 15.1 Å². The maximum absolute atomic E-state index is 12.9. The molecular formula is C20H22F3NO2. The minimum Gasteiger partial charge on any atom is -0.508 e. The molecule has 1 saturated heterocycles.